The van der Waals surface area contributed by atoms with Crippen LogP contribution < -0.4 is 5.32 Å². The number of methoxy groups -OCH3 is 1. The molecule has 1 aromatic heterocycles. The Morgan fingerprint density at radius 3 is 2.82 bits per heavy atom. The standard InChI is InChI=1S/C15H19N3O4/c1-9-4-10-7-16-18-13(10)11(5-9)14(21)17-15(2,8-22-3)6-12(19)20/h4-5,7H,6,8H2,1-3H3,(H,16,18)(H,17,21)(H,19,20). The van der Waals surface area contributed by atoms with Crippen molar-refractivity contribution in [3.05, 3.63) is 29.5 Å². The van der Waals surface area contributed by atoms with Gasteiger partial charge in [-0.05, 0) is 31.5 Å². The molecule has 1 atom stereocenters. The lowest BCUT2D eigenvalue weighted by Crippen LogP contribution is -2.50. The highest BCUT2D eigenvalue weighted by atomic mass is 16.5. The Bertz CT molecular complexity index is 710. The Kier molecular flexibility index (Phi) is 4.46. The second-order valence-corrected chi connectivity index (χ2v) is 5.67. The quantitative estimate of drug-likeness (QED) is 0.750. The first-order valence-electron chi connectivity index (χ1n) is 6.81. The van der Waals surface area contributed by atoms with E-state index < -0.39 is 11.5 Å². The third-order valence-electron chi connectivity index (χ3n) is 3.36. The van der Waals surface area contributed by atoms with Crippen LogP contribution >= 0.6 is 0 Å². The number of aryl methyl sites for hydroxylation is 1. The number of H-pyrrole nitrogens is 1. The van der Waals surface area contributed by atoms with Crippen molar-refractivity contribution in [1.82, 2.24) is 15.5 Å². The number of amides is 1. The van der Waals surface area contributed by atoms with Gasteiger partial charge in [0.25, 0.3) is 5.91 Å². The summed E-state index contributed by atoms with van der Waals surface area (Å²) in [5, 5.41) is 19.3. The Balaban J connectivity index is 2.33. The first-order valence-corrected chi connectivity index (χ1v) is 6.81. The molecular weight excluding hydrogens is 286 g/mol. The zero-order valence-electron chi connectivity index (χ0n) is 12.8. The van der Waals surface area contributed by atoms with Crippen LogP contribution in [0.4, 0.5) is 0 Å². The maximum absolute atomic E-state index is 12.6. The Hall–Kier alpha value is -2.41. The topological polar surface area (TPSA) is 104 Å². The molecule has 0 aliphatic carbocycles. The van der Waals surface area contributed by atoms with Gasteiger partial charge < -0.3 is 15.2 Å². The zero-order valence-corrected chi connectivity index (χ0v) is 12.8. The second-order valence-electron chi connectivity index (χ2n) is 5.67. The van der Waals surface area contributed by atoms with Gasteiger partial charge in [-0.1, -0.05) is 0 Å². The van der Waals surface area contributed by atoms with Crippen molar-refractivity contribution in [3.63, 3.8) is 0 Å². The highest BCUT2D eigenvalue weighted by Gasteiger charge is 2.30. The Morgan fingerprint density at radius 1 is 1.45 bits per heavy atom. The molecule has 0 saturated heterocycles. The van der Waals surface area contributed by atoms with E-state index in [0.717, 1.165) is 10.9 Å². The lowest BCUT2D eigenvalue weighted by atomic mass is 9.97. The molecule has 2 aromatic rings. The summed E-state index contributed by atoms with van der Waals surface area (Å²) in [4.78, 5) is 23.6. The molecule has 0 aliphatic heterocycles. The van der Waals surface area contributed by atoms with Crippen molar-refractivity contribution in [2.45, 2.75) is 25.8 Å². The fourth-order valence-corrected chi connectivity index (χ4v) is 2.51. The van der Waals surface area contributed by atoms with E-state index in [1.165, 1.54) is 7.11 Å². The third kappa shape index (κ3) is 3.43. The van der Waals surface area contributed by atoms with E-state index >= 15 is 0 Å². The summed E-state index contributed by atoms with van der Waals surface area (Å²) in [6, 6.07) is 3.66. The SMILES string of the molecule is COCC(C)(CC(=O)O)NC(=O)c1cc(C)cc2cn[nH]c12. The molecule has 1 unspecified atom stereocenters. The van der Waals surface area contributed by atoms with Crippen molar-refractivity contribution in [3.8, 4) is 0 Å². The third-order valence-corrected chi connectivity index (χ3v) is 3.36. The van der Waals surface area contributed by atoms with Gasteiger partial charge in [0, 0.05) is 12.5 Å². The number of nitrogens with one attached hydrogen (secondary N) is 2. The molecule has 118 valence electrons. The predicted molar refractivity (Wildman–Crippen MR) is 80.8 cm³/mol. The van der Waals surface area contributed by atoms with Gasteiger partial charge in [-0.25, -0.2) is 0 Å². The van der Waals surface area contributed by atoms with E-state index in [0.29, 0.717) is 11.1 Å². The highest BCUT2D eigenvalue weighted by Crippen LogP contribution is 2.20. The van der Waals surface area contributed by atoms with Gasteiger partial charge in [0.1, 0.15) is 0 Å². The predicted octanol–water partition coefficient (Wildman–Crippen LogP) is 1.48. The number of carbonyl (C=O) groups is 2. The lowest BCUT2D eigenvalue weighted by molar-refractivity contribution is -0.139. The average Bonchev–Trinajstić information content (AvgIpc) is 2.84. The summed E-state index contributed by atoms with van der Waals surface area (Å²) < 4.78 is 5.04. The summed E-state index contributed by atoms with van der Waals surface area (Å²) in [6.45, 7) is 3.63. The van der Waals surface area contributed by atoms with Crippen LogP contribution in [0.15, 0.2) is 18.3 Å². The lowest BCUT2D eigenvalue weighted by Gasteiger charge is -2.28. The second kappa shape index (κ2) is 6.15. The minimum atomic E-state index is -1.00. The molecule has 1 amide bonds. The summed E-state index contributed by atoms with van der Waals surface area (Å²) >= 11 is 0. The summed E-state index contributed by atoms with van der Waals surface area (Å²) in [5.41, 5.74) is 0.984. The number of aliphatic carboxylic acids is 1. The van der Waals surface area contributed by atoms with E-state index in [1.54, 1.807) is 19.2 Å². The molecule has 0 fully saturated rings. The number of benzene rings is 1. The van der Waals surface area contributed by atoms with Gasteiger partial charge in [-0.15, -0.1) is 0 Å². The molecule has 7 heteroatoms. The van der Waals surface area contributed by atoms with Crippen LogP contribution in [0.1, 0.15) is 29.3 Å². The average molecular weight is 305 g/mol. The first kappa shape index (κ1) is 16.0. The van der Waals surface area contributed by atoms with Gasteiger partial charge in [-0.2, -0.15) is 5.10 Å². The smallest absolute Gasteiger partial charge is 0.305 e. The molecule has 3 N–H and O–H groups in total. The van der Waals surface area contributed by atoms with Crippen molar-refractivity contribution in [2.75, 3.05) is 13.7 Å². The number of nitrogens with zero attached hydrogens (tertiary/aromatic N) is 1. The maximum atomic E-state index is 12.6. The largest absolute Gasteiger partial charge is 0.481 e. The number of hydrogen-bond acceptors (Lipinski definition) is 4. The van der Waals surface area contributed by atoms with E-state index in [-0.39, 0.29) is 18.9 Å². The number of ether oxygens (including phenoxy) is 1. The Labute approximate surface area is 127 Å². The van der Waals surface area contributed by atoms with Crippen molar-refractivity contribution in [1.29, 1.82) is 0 Å². The van der Waals surface area contributed by atoms with Crippen molar-refractivity contribution in [2.24, 2.45) is 0 Å². The van der Waals surface area contributed by atoms with Crippen LogP contribution in [0.25, 0.3) is 10.9 Å². The molecule has 1 aromatic carbocycles. The molecule has 1 heterocycles. The van der Waals surface area contributed by atoms with Crippen molar-refractivity contribution < 1.29 is 19.4 Å². The van der Waals surface area contributed by atoms with Crippen LogP contribution in [0.2, 0.25) is 0 Å². The normalized spacial score (nSPS) is 13.8. The summed E-state index contributed by atoms with van der Waals surface area (Å²) in [6.07, 6.45) is 1.41. The number of aromatic amines is 1. The molecule has 0 aliphatic rings. The number of carbonyl (C=O) groups excluding carboxylic acids is 1. The van der Waals surface area contributed by atoms with E-state index in [4.69, 9.17) is 9.84 Å². The van der Waals surface area contributed by atoms with Crippen molar-refractivity contribution >= 4 is 22.8 Å². The minimum absolute atomic E-state index is 0.100. The molecule has 0 spiro atoms. The summed E-state index contributed by atoms with van der Waals surface area (Å²) in [5.74, 6) is -1.37. The number of hydrogen-bond donors (Lipinski definition) is 3. The van der Waals surface area contributed by atoms with E-state index in [2.05, 4.69) is 15.5 Å². The fraction of sp³-hybridized carbons (Fsp3) is 0.400. The van der Waals surface area contributed by atoms with Gasteiger partial charge in [0.15, 0.2) is 0 Å². The highest BCUT2D eigenvalue weighted by molar-refractivity contribution is 6.06. The van der Waals surface area contributed by atoms with Crippen LogP contribution in [-0.2, 0) is 9.53 Å². The van der Waals surface area contributed by atoms with Crippen LogP contribution in [0.3, 0.4) is 0 Å². The number of rotatable bonds is 6. The molecule has 7 nitrogen and oxygen atoms in total. The maximum Gasteiger partial charge on any atom is 0.305 e. The van der Waals surface area contributed by atoms with Gasteiger partial charge in [0.2, 0.25) is 0 Å². The molecule has 0 bridgehead atoms. The van der Waals surface area contributed by atoms with E-state index in [9.17, 15) is 9.59 Å². The monoisotopic (exact) mass is 305 g/mol. The Morgan fingerprint density at radius 2 is 2.18 bits per heavy atom. The van der Waals surface area contributed by atoms with Crippen LogP contribution in [0.5, 0.6) is 0 Å². The zero-order chi connectivity index (χ0) is 16.3. The molecule has 0 radical (unpaired) electrons. The molecular formula is C15H19N3O4. The minimum Gasteiger partial charge on any atom is -0.481 e. The summed E-state index contributed by atoms with van der Waals surface area (Å²) in [7, 11) is 1.46. The molecule has 0 saturated carbocycles. The number of fused-ring (bicyclic) bond motifs is 1. The number of aromatic nitrogens is 2. The van der Waals surface area contributed by atoms with Gasteiger partial charge in [-0.3, -0.25) is 14.7 Å². The number of carboxylic acids is 1. The number of carboxylic acid groups (broad SMARTS) is 1. The van der Waals surface area contributed by atoms with E-state index in [1.807, 2.05) is 13.0 Å². The van der Waals surface area contributed by atoms with Crippen LogP contribution in [-0.4, -0.2) is 46.4 Å². The van der Waals surface area contributed by atoms with Gasteiger partial charge in [0.05, 0.1) is 35.8 Å². The first-order chi connectivity index (χ1) is 10.3. The fourth-order valence-electron chi connectivity index (χ4n) is 2.51. The van der Waals surface area contributed by atoms with Gasteiger partial charge >= 0.3 is 5.97 Å². The molecule has 2 rings (SSSR count). The van der Waals surface area contributed by atoms with Crippen LogP contribution in [0, 0.1) is 6.92 Å². The molecule has 22 heavy (non-hydrogen) atoms.